The second-order valence-electron chi connectivity index (χ2n) is 8.24. The fourth-order valence-corrected chi connectivity index (χ4v) is 4.58. The number of hydrogen-bond acceptors (Lipinski definition) is 5. The molecule has 1 unspecified atom stereocenters. The van der Waals surface area contributed by atoms with Crippen LogP contribution in [0.25, 0.3) is 21.9 Å². The third kappa shape index (κ3) is 5.70. The summed E-state index contributed by atoms with van der Waals surface area (Å²) in [6.07, 6.45) is 3.28. The molecule has 1 heterocycles. The highest BCUT2D eigenvalue weighted by molar-refractivity contribution is 5.93. The Balaban J connectivity index is 1.72. The molecule has 0 saturated heterocycles. The molecule has 0 bridgehead atoms. The van der Waals surface area contributed by atoms with Gasteiger partial charge in [-0.3, -0.25) is 4.79 Å². The fraction of sp³-hybridized carbons (Fsp3) is 0.519. The Morgan fingerprint density at radius 2 is 1.59 bits per heavy atom. The van der Waals surface area contributed by atoms with Crippen molar-refractivity contribution in [1.82, 2.24) is 9.80 Å². The largest absolute Gasteiger partial charge is 0.493 e. The monoisotopic (exact) mass is 438 g/mol. The minimum absolute atomic E-state index is 0.0306. The smallest absolute Gasteiger partial charge is 0.204 e. The SMILES string of the molecule is CCN(CC)CCCC(CCOc1cccc2oc3ccccc3c(=O)c12)N(CC)CC. The van der Waals surface area contributed by atoms with Crippen molar-refractivity contribution in [1.29, 1.82) is 0 Å². The van der Waals surface area contributed by atoms with E-state index in [0.717, 1.165) is 45.6 Å². The Labute approximate surface area is 192 Å². The summed E-state index contributed by atoms with van der Waals surface area (Å²) in [6.45, 7) is 14.9. The zero-order valence-corrected chi connectivity index (χ0v) is 20.1. The van der Waals surface area contributed by atoms with Gasteiger partial charge in [0.15, 0.2) is 0 Å². The van der Waals surface area contributed by atoms with Gasteiger partial charge < -0.3 is 19.0 Å². The van der Waals surface area contributed by atoms with E-state index in [1.807, 2.05) is 42.5 Å². The molecule has 0 spiro atoms. The summed E-state index contributed by atoms with van der Waals surface area (Å²) in [5, 5.41) is 1.13. The second kappa shape index (κ2) is 12.0. The fourth-order valence-electron chi connectivity index (χ4n) is 4.58. The quantitative estimate of drug-likeness (QED) is 0.328. The highest BCUT2D eigenvalue weighted by Crippen LogP contribution is 2.26. The van der Waals surface area contributed by atoms with Crippen molar-refractivity contribution in [2.45, 2.75) is 53.0 Å². The number of para-hydroxylation sites is 1. The van der Waals surface area contributed by atoms with Gasteiger partial charge in [-0.25, -0.2) is 0 Å². The molecule has 3 aromatic rings. The van der Waals surface area contributed by atoms with Crippen LogP contribution >= 0.6 is 0 Å². The van der Waals surface area contributed by atoms with Crippen molar-refractivity contribution in [3.8, 4) is 5.75 Å². The first-order valence-electron chi connectivity index (χ1n) is 12.2. The van der Waals surface area contributed by atoms with Crippen molar-refractivity contribution in [2.75, 3.05) is 39.3 Å². The molecular weight excluding hydrogens is 400 g/mol. The maximum Gasteiger partial charge on any atom is 0.204 e. The summed E-state index contributed by atoms with van der Waals surface area (Å²) in [4.78, 5) is 18.1. The van der Waals surface area contributed by atoms with E-state index in [2.05, 4.69) is 37.5 Å². The molecular formula is C27H38N2O3. The van der Waals surface area contributed by atoms with Crippen molar-refractivity contribution < 1.29 is 9.15 Å². The van der Waals surface area contributed by atoms with Crippen LogP contribution < -0.4 is 10.2 Å². The number of benzene rings is 2. The molecule has 0 radical (unpaired) electrons. The van der Waals surface area contributed by atoms with Crippen LogP contribution in [-0.4, -0.2) is 55.2 Å². The first-order chi connectivity index (χ1) is 15.6. The molecule has 3 rings (SSSR count). The van der Waals surface area contributed by atoms with E-state index in [4.69, 9.17) is 9.15 Å². The van der Waals surface area contributed by atoms with Gasteiger partial charge in [0.1, 0.15) is 22.3 Å². The topological polar surface area (TPSA) is 45.9 Å². The lowest BCUT2D eigenvalue weighted by Crippen LogP contribution is -2.37. The van der Waals surface area contributed by atoms with Crippen LogP contribution in [0.3, 0.4) is 0 Å². The predicted octanol–water partition coefficient (Wildman–Crippen LogP) is 5.55. The highest BCUT2D eigenvalue weighted by Gasteiger charge is 2.17. The Hall–Kier alpha value is -2.37. The summed E-state index contributed by atoms with van der Waals surface area (Å²) < 4.78 is 12.2. The average Bonchev–Trinajstić information content (AvgIpc) is 2.82. The van der Waals surface area contributed by atoms with Gasteiger partial charge in [-0.05, 0) is 76.3 Å². The summed E-state index contributed by atoms with van der Waals surface area (Å²) in [5.41, 5.74) is 1.15. The van der Waals surface area contributed by atoms with Crippen molar-refractivity contribution >= 4 is 21.9 Å². The predicted molar refractivity (Wildman–Crippen MR) is 134 cm³/mol. The van der Waals surface area contributed by atoms with E-state index in [1.165, 1.54) is 6.42 Å². The van der Waals surface area contributed by atoms with E-state index in [-0.39, 0.29) is 5.43 Å². The van der Waals surface area contributed by atoms with Gasteiger partial charge in [-0.2, -0.15) is 0 Å². The van der Waals surface area contributed by atoms with E-state index < -0.39 is 0 Å². The maximum atomic E-state index is 13.1. The summed E-state index contributed by atoms with van der Waals surface area (Å²) in [6, 6.07) is 13.5. The first kappa shape index (κ1) is 24.3. The van der Waals surface area contributed by atoms with Gasteiger partial charge >= 0.3 is 0 Å². The van der Waals surface area contributed by atoms with Crippen LogP contribution in [0.2, 0.25) is 0 Å². The van der Waals surface area contributed by atoms with Gasteiger partial charge in [0.2, 0.25) is 5.43 Å². The van der Waals surface area contributed by atoms with Gasteiger partial charge in [0.05, 0.1) is 12.0 Å². The summed E-state index contributed by atoms with van der Waals surface area (Å²) in [5.74, 6) is 0.614. The lowest BCUT2D eigenvalue weighted by Gasteiger charge is -2.30. The molecule has 2 aromatic carbocycles. The summed E-state index contributed by atoms with van der Waals surface area (Å²) in [7, 11) is 0. The average molecular weight is 439 g/mol. The van der Waals surface area contributed by atoms with Gasteiger partial charge in [0, 0.05) is 6.04 Å². The Bertz CT molecular complexity index is 1040. The number of hydrogen-bond donors (Lipinski definition) is 0. The van der Waals surface area contributed by atoms with Crippen molar-refractivity contribution in [2.24, 2.45) is 0 Å². The van der Waals surface area contributed by atoms with Gasteiger partial charge in [0.25, 0.3) is 0 Å². The van der Waals surface area contributed by atoms with E-state index in [1.54, 1.807) is 0 Å². The second-order valence-corrected chi connectivity index (χ2v) is 8.24. The van der Waals surface area contributed by atoms with E-state index in [0.29, 0.717) is 40.3 Å². The minimum atomic E-state index is -0.0306. The third-order valence-electron chi connectivity index (χ3n) is 6.51. The molecule has 0 amide bonds. The van der Waals surface area contributed by atoms with Crippen LogP contribution in [0.1, 0.15) is 47.0 Å². The molecule has 0 fully saturated rings. The van der Waals surface area contributed by atoms with Crippen molar-refractivity contribution in [3.05, 3.63) is 52.7 Å². The molecule has 0 aliphatic rings. The van der Waals surface area contributed by atoms with Gasteiger partial charge in [-0.15, -0.1) is 0 Å². The number of fused-ring (bicyclic) bond motifs is 2. The van der Waals surface area contributed by atoms with Crippen LogP contribution in [-0.2, 0) is 0 Å². The molecule has 0 saturated carbocycles. The van der Waals surface area contributed by atoms with E-state index in [9.17, 15) is 4.79 Å². The van der Waals surface area contributed by atoms with Crippen LogP contribution in [0.4, 0.5) is 0 Å². The van der Waals surface area contributed by atoms with E-state index >= 15 is 0 Å². The molecule has 1 aromatic heterocycles. The van der Waals surface area contributed by atoms with Crippen molar-refractivity contribution in [3.63, 3.8) is 0 Å². The molecule has 0 aliphatic heterocycles. The molecule has 1 atom stereocenters. The third-order valence-corrected chi connectivity index (χ3v) is 6.51. The molecule has 0 aliphatic carbocycles. The lowest BCUT2D eigenvalue weighted by molar-refractivity contribution is 0.161. The van der Waals surface area contributed by atoms with Crippen LogP contribution in [0.5, 0.6) is 5.75 Å². The first-order valence-corrected chi connectivity index (χ1v) is 12.2. The zero-order chi connectivity index (χ0) is 22.9. The Morgan fingerprint density at radius 1 is 0.875 bits per heavy atom. The van der Waals surface area contributed by atoms with Gasteiger partial charge in [-0.1, -0.05) is 45.9 Å². The Morgan fingerprint density at radius 3 is 2.31 bits per heavy atom. The molecule has 32 heavy (non-hydrogen) atoms. The maximum absolute atomic E-state index is 13.1. The molecule has 5 heteroatoms. The number of ether oxygens (including phenoxy) is 1. The standard InChI is InChI=1S/C27H38N2O3/c1-5-28(6-2)19-12-13-21(29(7-3)8-4)18-20-31-24-16-11-17-25-26(24)27(30)22-14-9-10-15-23(22)32-25/h9-11,14-17,21H,5-8,12-13,18-20H2,1-4H3. The number of rotatable bonds is 13. The zero-order valence-electron chi connectivity index (χ0n) is 20.1. The Kier molecular flexibility index (Phi) is 9.12. The normalized spacial score (nSPS) is 12.8. The van der Waals surface area contributed by atoms with Crippen LogP contribution in [0, 0.1) is 0 Å². The van der Waals surface area contributed by atoms with Crippen LogP contribution in [0.15, 0.2) is 51.7 Å². The lowest BCUT2D eigenvalue weighted by atomic mass is 10.1. The molecule has 5 nitrogen and oxygen atoms in total. The highest BCUT2D eigenvalue weighted by atomic mass is 16.5. The summed E-state index contributed by atoms with van der Waals surface area (Å²) >= 11 is 0. The molecule has 174 valence electrons. The number of nitrogens with zero attached hydrogens (tertiary/aromatic N) is 2. The molecule has 0 N–H and O–H groups in total. The minimum Gasteiger partial charge on any atom is -0.493 e.